The highest BCUT2D eigenvalue weighted by Crippen LogP contribution is 2.25. The molecular weight excluding hydrogens is 184 g/mol. The first-order chi connectivity index (χ1) is 6.57. The second kappa shape index (κ2) is 4.06. The number of carbonyl (C=O) groups is 1. The lowest BCUT2D eigenvalue weighted by Gasteiger charge is -2.13. The highest BCUT2D eigenvalue weighted by molar-refractivity contribution is 5.76. The number of aryl methyl sites for hydroxylation is 1. The maximum absolute atomic E-state index is 10.7. The summed E-state index contributed by atoms with van der Waals surface area (Å²) >= 11 is 0. The molecule has 14 heavy (non-hydrogen) atoms. The molecule has 0 aliphatic carbocycles. The van der Waals surface area contributed by atoms with E-state index in [4.69, 9.17) is 15.6 Å². The minimum Gasteiger partial charge on any atom is -0.496 e. The van der Waals surface area contributed by atoms with Crippen LogP contribution in [-0.2, 0) is 4.79 Å². The van der Waals surface area contributed by atoms with Crippen LogP contribution in [0.1, 0.15) is 17.3 Å². The molecule has 1 heterocycles. The molecule has 0 amide bonds. The Balaban J connectivity index is 3.23. The smallest absolute Gasteiger partial charge is 0.325 e. The Morgan fingerprint density at radius 1 is 1.71 bits per heavy atom. The number of methoxy groups -OCH3 is 1. The number of nitrogens with zero attached hydrogens (tertiary/aromatic N) is 1. The Hall–Kier alpha value is -1.62. The van der Waals surface area contributed by atoms with Crippen LogP contribution in [0.15, 0.2) is 12.3 Å². The molecule has 1 atom stereocenters. The van der Waals surface area contributed by atoms with Crippen molar-refractivity contribution in [3.05, 3.63) is 23.5 Å². The third kappa shape index (κ3) is 1.82. The zero-order valence-corrected chi connectivity index (χ0v) is 8.02. The van der Waals surface area contributed by atoms with Gasteiger partial charge in [-0.25, -0.2) is 0 Å². The van der Waals surface area contributed by atoms with Gasteiger partial charge >= 0.3 is 5.97 Å². The molecule has 1 aromatic rings. The third-order valence-corrected chi connectivity index (χ3v) is 1.95. The van der Waals surface area contributed by atoms with Crippen molar-refractivity contribution < 1.29 is 14.6 Å². The SMILES string of the molecule is COc1ccnc(C)c1C(N)C(=O)O. The molecule has 0 radical (unpaired) electrons. The van der Waals surface area contributed by atoms with Gasteiger partial charge in [0.25, 0.3) is 0 Å². The van der Waals surface area contributed by atoms with Gasteiger partial charge in [-0.05, 0) is 13.0 Å². The summed E-state index contributed by atoms with van der Waals surface area (Å²) in [6.45, 7) is 1.70. The van der Waals surface area contributed by atoms with Crippen LogP contribution in [0.2, 0.25) is 0 Å². The highest BCUT2D eigenvalue weighted by atomic mass is 16.5. The second-order valence-corrected chi connectivity index (χ2v) is 2.83. The summed E-state index contributed by atoms with van der Waals surface area (Å²) < 4.78 is 5.01. The minimum absolute atomic E-state index is 0.419. The molecule has 76 valence electrons. The van der Waals surface area contributed by atoms with Crippen LogP contribution in [0, 0.1) is 6.92 Å². The number of carboxylic acids is 1. The fourth-order valence-electron chi connectivity index (χ4n) is 1.23. The molecule has 0 saturated heterocycles. The van der Waals surface area contributed by atoms with E-state index in [2.05, 4.69) is 4.98 Å². The first-order valence-electron chi connectivity index (χ1n) is 4.05. The van der Waals surface area contributed by atoms with Crippen LogP contribution < -0.4 is 10.5 Å². The van der Waals surface area contributed by atoms with E-state index in [0.717, 1.165) is 0 Å². The zero-order chi connectivity index (χ0) is 10.7. The van der Waals surface area contributed by atoms with Gasteiger partial charge in [0.15, 0.2) is 0 Å². The Morgan fingerprint density at radius 2 is 2.36 bits per heavy atom. The van der Waals surface area contributed by atoms with Gasteiger partial charge < -0.3 is 15.6 Å². The molecule has 0 fully saturated rings. The molecule has 5 nitrogen and oxygen atoms in total. The molecule has 1 unspecified atom stereocenters. The van der Waals surface area contributed by atoms with Crippen LogP contribution >= 0.6 is 0 Å². The van der Waals surface area contributed by atoms with Crippen LogP contribution in [0.3, 0.4) is 0 Å². The van der Waals surface area contributed by atoms with E-state index < -0.39 is 12.0 Å². The Kier molecular flexibility index (Phi) is 3.03. The van der Waals surface area contributed by atoms with Crippen molar-refractivity contribution in [2.75, 3.05) is 7.11 Å². The van der Waals surface area contributed by atoms with Crippen molar-refractivity contribution in [1.82, 2.24) is 4.98 Å². The van der Waals surface area contributed by atoms with E-state index in [1.54, 1.807) is 19.2 Å². The topological polar surface area (TPSA) is 85.4 Å². The van der Waals surface area contributed by atoms with E-state index in [9.17, 15) is 4.79 Å². The first kappa shape index (κ1) is 10.5. The average Bonchev–Trinajstić information content (AvgIpc) is 2.16. The Morgan fingerprint density at radius 3 is 2.86 bits per heavy atom. The fourth-order valence-corrected chi connectivity index (χ4v) is 1.23. The first-order valence-corrected chi connectivity index (χ1v) is 4.05. The number of aliphatic carboxylic acids is 1. The van der Waals surface area contributed by atoms with Gasteiger partial charge in [0.2, 0.25) is 0 Å². The Labute approximate surface area is 81.5 Å². The molecule has 0 bridgehead atoms. The summed E-state index contributed by atoms with van der Waals surface area (Å²) in [6.07, 6.45) is 1.55. The van der Waals surface area contributed by atoms with Crippen molar-refractivity contribution in [3.63, 3.8) is 0 Å². The number of ether oxygens (including phenoxy) is 1. The predicted molar refractivity (Wildman–Crippen MR) is 50.1 cm³/mol. The van der Waals surface area contributed by atoms with Crippen LogP contribution in [0.25, 0.3) is 0 Å². The van der Waals surface area contributed by atoms with Gasteiger partial charge in [0.05, 0.1) is 7.11 Å². The molecule has 0 saturated carbocycles. The summed E-state index contributed by atoms with van der Waals surface area (Å²) in [4.78, 5) is 14.7. The van der Waals surface area contributed by atoms with Crippen LogP contribution in [0.4, 0.5) is 0 Å². The lowest BCUT2D eigenvalue weighted by Crippen LogP contribution is -2.22. The summed E-state index contributed by atoms with van der Waals surface area (Å²) in [5.41, 5.74) is 6.48. The van der Waals surface area contributed by atoms with E-state index in [-0.39, 0.29) is 0 Å². The molecule has 0 aliphatic heterocycles. The highest BCUT2D eigenvalue weighted by Gasteiger charge is 2.21. The number of pyridine rings is 1. The molecule has 5 heteroatoms. The number of rotatable bonds is 3. The maximum atomic E-state index is 10.7. The van der Waals surface area contributed by atoms with Crippen molar-refractivity contribution in [3.8, 4) is 5.75 Å². The fraction of sp³-hybridized carbons (Fsp3) is 0.333. The molecular formula is C9H12N2O3. The molecule has 3 N–H and O–H groups in total. The number of carboxylic acid groups (broad SMARTS) is 1. The summed E-state index contributed by atoms with van der Waals surface area (Å²) in [6, 6.07) is 0.490. The zero-order valence-electron chi connectivity index (χ0n) is 8.02. The number of aromatic nitrogens is 1. The van der Waals surface area contributed by atoms with Gasteiger partial charge in [-0.2, -0.15) is 0 Å². The lowest BCUT2D eigenvalue weighted by molar-refractivity contribution is -0.138. The molecule has 0 spiro atoms. The molecule has 1 aromatic heterocycles. The monoisotopic (exact) mass is 196 g/mol. The summed E-state index contributed by atoms with van der Waals surface area (Å²) in [5.74, 6) is -0.646. The largest absolute Gasteiger partial charge is 0.496 e. The van der Waals surface area contributed by atoms with Crippen molar-refractivity contribution >= 4 is 5.97 Å². The van der Waals surface area contributed by atoms with Gasteiger partial charge in [-0.15, -0.1) is 0 Å². The lowest BCUT2D eigenvalue weighted by atomic mass is 10.1. The number of nitrogens with two attached hydrogens (primary N) is 1. The number of hydrogen-bond donors (Lipinski definition) is 2. The van der Waals surface area contributed by atoms with Crippen molar-refractivity contribution in [2.24, 2.45) is 5.73 Å². The third-order valence-electron chi connectivity index (χ3n) is 1.95. The standard InChI is InChI=1S/C9H12N2O3/c1-5-7(8(10)9(12)13)6(14-2)3-4-11-5/h3-4,8H,10H2,1-2H3,(H,12,13). The van der Waals surface area contributed by atoms with E-state index in [1.165, 1.54) is 7.11 Å². The van der Waals surface area contributed by atoms with E-state index in [0.29, 0.717) is 17.0 Å². The second-order valence-electron chi connectivity index (χ2n) is 2.83. The van der Waals surface area contributed by atoms with Crippen molar-refractivity contribution in [2.45, 2.75) is 13.0 Å². The summed E-state index contributed by atoms with van der Waals surface area (Å²) in [7, 11) is 1.47. The normalized spacial score (nSPS) is 12.2. The van der Waals surface area contributed by atoms with Gasteiger partial charge in [0.1, 0.15) is 11.8 Å². The molecule has 1 rings (SSSR count). The van der Waals surface area contributed by atoms with Gasteiger partial charge in [-0.3, -0.25) is 9.78 Å². The average molecular weight is 196 g/mol. The van der Waals surface area contributed by atoms with Crippen molar-refractivity contribution in [1.29, 1.82) is 0 Å². The van der Waals surface area contributed by atoms with E-state index in [1.807, 2.05) is 0 Å². The number of hydrogen-bond acceptors (Lipinski definition) is 4. The molecule has 0 aliphatic rings. The van der Waals surface area contributed by atoms with Crippen LogP contribution in [-0.4, -0.2) is 23.2 Å². The van der Waals surface area contributed by atoms with E-state index >= 15 is 0 Å². The quantitative estimate of drug-likeness (QED) is 0.734. The Bertz CT molecular complexity index is 352. The van der Waals surface area contributed by atoms with Gasteiger partial charge in [-0.1, -0.05) is 0 Å². The summed E-state index contributed by atoms with van der Waals surface area (Å²) in [5, 5.41) is 8.77. The predicted octanol–water partition coefficient (Wildman–Crippen LogP) is 0.483. The minimum atomic E-state index is -1.10. The molecule has 0 aromatic carbocycles. The van der Waals surface area contributed by atoms with Gasteiger partial charge in [0, 0.05) is 17.5 Å². The maximum Gasteiger partial charge on any atom is 0.325 e. The van der Waals surface area contributed by atoms with Crippen LogP contribution in [0.5, 0.6) is 5.75 Å².